The van der Waals surface area contributed by atoms with Gasteiger partial charge < -0.3 is 16.0 Å². The van der Waals surface area contributed by atoms with Crippen LogP contribution in [-0.2, 0) is 13.6 Å². The summed E-state index contributed by atoms with van der Waals surface area (Å²) in [6.45, 7) is 1.47. The molecule has 1 aliphatic heterocycles. The van der Waals surface area contributed by atoms with Crippen molar-refractivity contribution in [2.24, 2.45) is 12.8 Å². The fourth-order valence-electron chi connectivity index (χ4n) is 3.06. The quantitative estimate of drug-likeness (QED) is 0.651. The van der Waals surface area contributed by atoms with Gasteiger partial charge in [-0.2, -0.15) is 10.2 Å². The molecule has 0 saturated carbocycles. The zero-order chi connectivity index (χ0) is 20.5. The number of urea groups is 1. The van der Waals surface area contributed by atoms with Gasteiger partial charge in [0.05, 0.1) is 12.4 Å². The fraction of sp³-hybridized carbons (Fsp3) is 0.278. The van der Waals surface area contributed by atoms with Gasteiger partial charge in [-0.3, -0.25) is 14.4 Å². The Morgan fingerprint density at radius 3 is 2.76 bits per heavy atom. The van der Waals surface area contributed by atoms with Crippen molar-refractivity contribution in [3.05, 3.63) is 48.0 Å². The Labute approximate surface area is 166 Å². The van der Waals surface area contributed by atoms with Crippen molar-refractivity contribution in [3.8, 4) is 5.82 Å². The van der Waals surface area contributed by atoms with Crippen molar-refractivity contribution >= 4 is 23.4 Å². The van der Waals surface area contributed by atoms with E-state index >= 15 is 0 Å². The molecule has 150 valence electrons. The first-order valence-corrected chi connectivity index (χ1v) is 9.05. The number of amides is 3. The molecule has 0 radical (unpaired) electrons. The van der Waals surface area contributed by atoms with Crippen molar-refractivity contribution in [1.82, 2.24) is 29.4 Å². The van der Waals surface area contributed by atoms with E-state index in [0.717, 1.165) is 5.56 Å². The van der Waals surface area contributed by atoms with Gasteiger partial charge in [-0.25, -0.2) is 14.5 Å². The molecule has 3 N–H and O–H groups in total. The number of aromatic nitrogens is 5. The molecular weight excluding hydrogens is 374 g/mol. The standard InChI is InChI=1S/C18H21N9O2/c1-24-6-7-26(18(24)29)16-14(11-25(2)23-16)22-17(28)13-4-3-5-15(21-13)27-10-12(8-19)9-20-27/h3-5,9-11H,6-8,19H2,1-2H3,(H,22,28). The lowest BCUT2D eigenvalue weighted by Gasteiger charge is -2.15. The van der Waals surface area contributed by atoms with E-state index in [0.29, 0.717) is 37.0 Å². The minimum Gasteiger partial charge on any atom is -0.326 e. The van der Waals surface area contributed by atoms with Gasteiger partial charge in [0.15, 0.2) is 11.6 Å². The summed E-state index contributed by atoms with van der Waals surface area (Å²) in [5.41, 5.74) is 7.13. The Morgan fingerprint density at radius 2 is 2.07 bits per heavy atom. The third-order valence-electron chi connectivity index (χ3n) is 4.60. The summed E-state index contributed by atoms with van der Waals surface area (Å²) in [6.07, 6.45) is 5.07. The summed E-state index contributed by atoms with van der Waals surface area (Å²) in [6, 6.07) is 4.92. The van der Waals surface area contributed by atoms with E-state index < -0.39 is 5.91 Å². The van der Waals surface area contributed by atoms with Crippen molar-refractivity contribution in [3.63, 3.8) is 0 Å². The number of hydrogen-bond acceptors (Lipinski definition) is 6. The highest BCUT2D eigenvalue weighted by Crippen LogP contribution is 2.27. The highest BCUT2D eigenvalue weighted by atomic mass is 16.2. The molecule has 3 aromatic heterocycles. The fourth-order valence-corrected chi connectivity index (χ4v) is 3.06. The Bertz CT molecular complexity index is 1070. The lowest BCUT2D eigenvalue weighted by Crippen LogP contribution is -2.30. The normalized spacial score (nSPS) is 14.0. The van der Waals surface area contributed by atoms with Crippen LogP contribution in [0.4, 0.5) is 16.3 Å². The molecule has 1 saturated heterocycles. The Morgan fingerprint density at radius 1 is 1.24 bits per heavy atom. The Hall–Kier alpha value is -3.73. The van der Waals surface area contributed by atoms with Gasteiger partial charge in [-0.1, -0.05) is 6.07 Å². The van der Waals surface area contributed by atoms with Crippen molar-refractivity contribution in [2.75, 3.05) is 30.4 Å². The van der Waals surface area contributed by atoms with Crippen LogP contribution in [0.15, 0.2) is 36.8 Å². The number of anilines is 2. The first-order valence-electron chi connectivity index (χ1n) is 9.05. The number of nitrogens with two attached hydrogens (primary N) is 1. The molecule has 1 aliphatic rings. The number of likely N-dealkylation sites (N-methyl/N-ethyl adjacent to an activating group) is 1. The largest absolute Gasteiger partial charge is 0.326 e. The first kappa shape index (κ1) is 18.6. The lowest BCUT2D eigenvalue weighted by atomic mass is 10.3. The predicted molar refractivity (Wildman–Crippen MR) is 106 cm³/mol. The maximum atomic E-state index is 12.8. The molecule has 0 aromatic carbocycles. The van der Waals surface area contributed by atoms with Gasteiger partial charge in [-0.15, -0.1) is 0 Å². The van der Waals surface area contributed by atoms with Crippen molar-refractivity contribution < 1.29 is 9.59 Å². The molecule has 11 heteroatoms. The van der Waals surface area contributed by atoms with Crippen LogP contribution in [-0.4, -0.2) is 61.5 Å². The predicted octanol–water partition coefficient (Wildman–Crippen LogP) is 0.584. The molecule has 0 spiro atoms. The minimum absolute atomic E-state index is 0.159. The van der Waals surface area contributed by atoms with E-state index in [1.165, 1.54) is 4.90 Å². The van der Waals surface area contributed by atoms with E-state index in [1.54, 1.807) is 65.1 Å². The van der Waals surface area contributed by atoms with Crippen LogP contribution in [0.1, 0.15) is 16.1 Å². The van der Waals surface area contributed by atoms with Crippen LogP contribution in [0.2, 0.25) is 0 Å². The number of aryl methyl sites for hydroxylation is 1. The number of pyridine rings is 1. The molecule has 3 aromatic rings. The second-order valence-corrected chi connectivity index (χ2v) is 6.73. The Kier molecular flexibility index (Phi) is 4.72. The number of carbonyl (C=O) groups is 2. The first-order chi connectivity index (χ1) is 14.0. The van der Waals surface area contributed by atoms with Gasteiger partial charge >= 0.3 is 6.03 Å². The number of nitrogens with zero attached hydrogens (tertiary/aromatic N) is 7. The summed E-state index contributed by atoms with van der Waals surface area (Å²) in [4.78, 5) is 32.6. The van der Waals surface area contributed by atoms with Gasteiger partial charge in [0.2, 0.25) is 0 Å². The van der Waals surface area contributed by atoms with Gasteiger partial charge in [0.1, 0.15) is 11.4 Å². The minimum atomic E-state index is -0.410. The van der Waals surface area contributed by atoms with Gasteiger partial charge in [-0.05, 0) is 12.1 Å². The van der Waals surface area contributed by atoms with E-state index in [4.69, 9.17) is 5.73 Å². The average molecular weight is 395 g/mol. The van der Waals surface area contributed by atoms with Crippen molar-refractivity contribution in [1.29, 1.82) is 0 Å². The van der Waals surface area contributed by atoms with E-state index in [9.17, 15) is 9.59 Å². The summed E-state index contributed by atoms with van der Waals surface area (Å²) in [7, 11) is 3.46. The third kappa shape index (κ3) is 3.55. The topological polar surface area (TPSA) is 127 Å². The highest BCUT2D eigenvalue weighted by molar-refractivity contribution is 6.06. The number of carbonyl (C=O) groups excluding carboxylic acids is 2. The molecular formula is C18H21N9O2. The highest BCUT2D eigenvalue weighted by Gasteiger charge is 2.31. The van der Waals surface area contributed by atoms with Crippen LogP contribution in [0.3, 0.4) is 0 Å². The van der Waals surface area contributed by atoms with E-state index in [1.807, 2.05) is 0 Å². The second-order valence-electron chi connectivity index (χ2n) is 6.73. The molecule has 1 fully saturated rings. The van der Waals surface area contributed by atoms with E-state index in [2.05, 4.69) is 20.5 Å². The van der Waals surface area contributed by atoms with Crippen LogP contribution in [0, 0.1) is 0 Å². The molecule has 0 bridgehead atoms. The molecule has 29 heavy (non-hydrogen) atoms. The van der Waals surface area contributed by atoms with Crippen LogP contribution in [0.25, 0.3) is 5.82 Å². The zero-order valence-electron chi connectivity index (χ0n) is 16.1. The summed E-state index contributed by atoms with van der Waals surface area (Å²) >= 11 is 0. The number of nitrogens with one attached hydrogen (secondary N) is 1. The summed E-state index contributed by atoms with van der Waals surface area (Å²) in [5.74, 6) is 0.499. The summed E-state index contributed by atoms with van der Waals surface area (Å²) in [5, 5.41) is 11.4. The van der Waals surface area contributed by atoms with Crippen LogP contribution in [0.5, 0.6) is 0 Å². The zero-order valence-corrected chi connectivity index (χ0v) is 16.1. The number of hydrogen-bond donors (Lipinski definition) is 2. The maximum Gasteiger partial charge on any atom is 0.325 e. The molecule has 3 amide bonds. The third-order valence-corrected chi connectivity index (χ3v) is 4.60. The Balaban J connectivity index is 1.58. The molecule has 0 aliphatic carbocycles. The molecule has 4 heterocycles. The number of rotatable bonds is 5. The molecule has 4 rings (SSSR count). The average Bonchev–Trinajstić information content (AvgIpc) is 3.42. The monoisotopic (exact) mass is 395 g/mol. The lowest BCUT2D eigenvalue weighted by molar-refractivity contribution is 0.102. The van der Waals surface area contributed by atoms with Crippen LogP contribution >= 0.6 is 0 Å². The SMILES string of the molecule is CN1CCN(c2nn(C)cc2NC(=O)c2cccc(-n3cc(CN)cn3)n2)C1=O. The molecule has 0 unspecified atom stereocenters. The van der Waals surface area contributed by atoms with Crippen molar-refractivity contribution in [2.45, 2.75) is 6.54 Å². The van der Waals surface area contributed by atoms with E-state index in [-0.39, 0.29) is 11.7 Å². The molecule has 0 atom stereocenters. The summed E-state index contributed by atoms with van der Waals surface area (Å²) < 4.78 is 3.12. The van der Waals surface area contributed by atoms with Gasteiger partial charge in [0.25, 0.3) is 5.91 Å². The van der Waals surface area contributed by atoms with Gasteiger partial charge in [0, 0.05) is 45.5 Å². The smallest absolute Gasteiger partial charge is 0.325 e. The second kappa shape index (κ2) is 7.36. The maximum absolute atomic E-state index is 12.8. The van der Waals surface area contributed by atoms with Crippen LogP contribution < -0.4 is 16.0 Å². The molecule has 11 nitrogen and oxygen atoms in total.